The number of rotatable bonds is 2. The summed E-state index contributed by atoms with van der Waals surface area (Å²) >= 11 is 1.66. The second-order valence-electron chi connectivity index (χ2n) is 5.61. The van der Waals surface area contributed by atoms with Crippen molar-refractivity contribution in [1.82, 2.24) is 4.90 Å². The molecule has 1 aliphatic carbocycles. The molecule has 1 N–H and O–H groups in total. The minimum Gasteiger partial charge on any atom is -0.480 e. The van der Waals surface area contributed by atoms with E-state index in [9.17, 15) is 14.7 Å². The third-order valence-electron chi connectivity index (χ3n) is 4.34. The van der Waals surface area contributed by atoms with Crippen LogP contribution in [0.1, 0.15) is 52.9 Å². The van der Waals surface area contributed by atoms with Crippen LogP contribution in [0.4, 0.5) is 0 Å². The topological polar surface area (TPSA) is 57.6 Å². The number of carbonyl (C=O) groups excluding carboxylic acids is 1. The van der Waals surface area contributed by atoms with Gasteiger partial charge in [-0.15, -0.1) is 11.3 Å². The maximum absolute atomic E-state index is 12.7. The summed E-state index contributed by atoms with van der Waals surface area (Å²) in [5.41, 5.74) is 1.94. The fourth-order valence-corrected chi connectivity index (χ4v) is 4.38. The summed E-state index contributed by atoms with van der Waals surface area (Å²) in [4.78, 5) is 26.9. The molecule has 0 saturated carbocycles. The van der Waals surface area contributed by atoms with Gasteiger partial charge in [0.1, 0.15) is 6.04 Å². The van der Waals surface area contributed by atoms with Crippen LogP contribution in [0.15, 0.2) is 5.38 Å². The molecule has 1 atom stereocenters. The van der Waals surface area contributed by atoms with Crippen molar-refractivity contribution in [2.75, 3.05) is 6.54 Å². The molecule has 5 heteroatoms. The van der Waals surface area contributed by atoms with Crippen LogP contribution in [-0.2, 0) is 17.6 Å². The van der Waals surface area contributed by atoms with E-state index in [1.54, 1.807) is 16.2 Å². The molecule has 108 valence electrons. The fourth-order valence-electron chi connectivity index (χ4n) is 3.26. The highest BCUT2D eigenvalue weighted by Crippen LogP contribution is 2.32. The van der Waals surface area contributed by atoms with Gasteiger partial charge in [0.15, 0.2) is 0 Å². The van der Waals surface area contributed by atoms with Gasteiger partial charge < -0.3 is 10.0 Å². The second kappa shape index (κ2) is 5.56. The molecule has 0 spiro atoms. The van der Waals surface area contributed by atoms with E-state index in [2.05, 4.69) is 0 Å². The van der Waals surface area contributed by atoms with Crippen molar-refractivity contribution in [3.05, 3.63) is 21.4 Å². The van der Waals surface area contributed by atoms with Crippen molar-refractivity contribution in [3.63, 3.8) is 0 Å². The number of fused-ring (bicyclic) bond motifs is 1. The zero-order valence-corrected chi connectivity index (χ0v) is 12.2. The first kappa shape index (κ1) is 13.6. The molecule has 1 fully saturated rings. The van der Waals surface area contributed by atoms with E-state index in [1.165, 1.54) is 16.9 Å². The number of carboxylic acid groups (broad SMARTS) is 1. The van der Waals surface area contributed by atoms with Gasteiger partial charge >= 0.3 is 5.97 Å². The number of hydrogen-bond donors (Lipinski definition) is 1. The van der Waals surface area contributed by atoms with Crippen molar-refractivity contribution in [2.24, 2.45) is 0 Å². The lowest BCUT2D eigenvalue weighted by Gasteiger charge is -2.33. The molecule has 20 heavy (non-hydrogen) atoms. The Morgan fingerprint density at radius 3 is 2.80 bits per heavy atom. The summed E-state index contributed by atoms with van der Waals surface area (Å²) in [5, 5.41) is 11.2. The average molecular weight is 293 g/mol. The molecule has 0 aromatic carbocycles. The highest BCUT2D eigenvalue weighted by Gasteiger charge is 2.34. The van der Waals surface area contributed by atoms with Crippen LogP contribution in [0.25, 0.3) is 0 Å². The van der Waals surface area contributed by atoms with Crippen molar-refractivity contribution in [3.8, 4) is 0 Å². The van der Waals surface area contributed by atoms with Gasteiger partial charge in [0.25, 0.3) is 5.91 Å². The first-order chi connectivity index (χ1) is 9.68. The molecule has 0 bridgehead atoms. The zero-order chi connectivity index (χ0) is 14.1. The minimum absolute atomic E-state index is 0.0727. The maximum Gasteiger partial charge on any atom is 0.326 e. The number of amides is 1. The second-order valence-corrected chi connectivity index (χ2v) is 6.57. The lowest BCUT2D eigenvalue weighted by atomic mass is 9.94. The number of aliphatic carboxylic acids is 1. The Morgan fingerprint density at radius 2 is 2.00 bits per heavy atom. The van der Waals surface area contributed by atoms with E-state index in [-0.39, 0.29) is 5.91 Å². The summed E-state index contributed by atoms with van der Waals surface area (Å²) in [7, 11) is 0. The molecule has 1 aliphatic heterocycles. The quantitative estimate of drug-likeness (QED) is 0.912. The van der Waals surface area contributed by atoms with Crippen LogP contribution >= 0.6 is 11.3 Å². The Kier molecular flexibility index (Phi) is 3.78. The first-order valence-corrected chi connectivity index (χ1v) is 8.19. The van der Waals surface area contributed by atoms with Crippen LogP contribution in [0.2, 0.25) is 0 Å². The largest absolute Gasteiger partial charge is 0.480 e. The summed E-state index contributed by atoms with van der Waals surface area (Å²) in [6.07, 6.45) is 6.73. The number of carboxylic acids is 1. The fraction of sp³-hybridized carbons (Fsp3) is 0.600. The minimum atomic E-state index is -0.873. The summed E-state index contributed by atoms with van der Waals surface area (Å²) in [6, 6.07) is -0.643. The molecule has 1 amide bonds. The Hall–Kier alpha value is -1.36. The van der Waals surface area contributed by atoms with Gasteiger partial charge in [-0.05, 0) is 50.5 Å². The van der Waals surface area contributed by atoms with Crippen LogP contribution in [-0.4, -0.2) is 34.5 Å². The van der Waals surface area contributed by atoms with E-state index in [1.807, 2.05) is 5.38 Å². The van der Waals surface area contributed by atoms with Crippen LogP contribution in [0, 0.1) is 0 Å². The first-order valence-electron chi connectivity index (χ1n) is 7.31. The molecule has 1 aromatic rings. The number of piperidine rings is 1. The number of aryl methyl sites for hydroxylation is 1. The van der Waals surface area contributed by atoms with E-state index in [0.717, 1.165) is 37.7 Å². The van der Waals surface area contributed by atoms with Crippen LogP contribution in [0.3, 0.4) is 0 Å². The molecular weight excluding hydrogens is 274 g/mol. The molecule has 1 aromatic heterocycles. The summed E-state index contributed by atoms with van der Waals surface area (Å²) < 4.78 is 0. The van der Waals surface area contributed by atoms with Crippen LogP contribution in [0.5, 0.6) is 0 Å². The van der Waals surface area contributed by atoms with Crippen molar-refractivity contribution < 1.29 is 14.7 Å². The number of thiophene rings is 1. The Labute approximate surface area is 122 Å². The lowest BCUT2D eigenvalue weighted by molar-refractivity contribution is -0.143. The normalized spacial score (nSPS) is 22.4. The molecule has 1 saturated heterocycles. The van der Waals surface area contributed by atoms with Gasteiger partial charge in [-0.3, -0.25) is 4.79 Å². The number of likely N-dealkylation sites (tertiary alicyclic amines) is 1. The number of carbonyl (C=O) groups is 2. The molecule has 3 rings (SSSR count). The standard InChI is InChI=1S/C15H19NO3S/c17-14(16-8-4-3-6-12(16)15(18)19)11-9-20-13-7-2-1-5-10(11)13/h9,12H,1-8H2,(H,18,19). The lowest BCUT2D eigenvalue weighted by Crippen LogP contribution is -2.48. The smallest absolute Gasteiger partial charge is 0.326 e. The highest BCUT2D eigenvalue weighted by molar-refractivity contribution is 7.10. The Bertz CT molecular complexity index is 537. The zero-order valence-electron chi connectivity index (χ0n) is 11.4. The van der Waals surface area contributed by atoms with Crippen molar-refractivity contribution >= 4 is 23.2 Å². The van der Waals surface area contributed by atoms with E-state index in [4.69, 9.17) is 0 Å². The van der Waals surface area contributed by atoms with E-state index >= 15 is 0 Å². The molecule has 2 heterocycles. The molecular formula is C15H19NO3S. The molecule has 4 nitrogen and oxygen atoms in total. The third-order valence-corrected chi connectivity index (χ3v) is 5.43. The number of nitrogens with zero attached hydrogens (tertiary/aromatic N) is 1. The van der Waals surface area contributed by atoms with E-state index < -0.39 is 12.0 Å². The third kappa shape index (κ3) is 2.35. The summed E-state index contributed by atoms with van der Waals surface area (Å²) in [5.74, 6) is -0.946. The van der Waals surface area contributed by atoms with E-state index in [0.29, 0.717) is 13.0 Å². The molecule has 2 aliphatic rings. The van der Waals surface area contributed by atoms with Gasteiger partial charge in [0.2, 0.25) is 0 Å². The van der Waals surface area contributed by atoms with Gasteiger partial charge in [-0.2, -0.15) is 0 Å². The Morgan fingerprint density at radius 1 is 1.20 bits per heavy atom. The summed E-state index contributed by atoms with van der Waals surface area (Å²) in [6.45, 7) is 0.570. The van der Waals surface area contributed by atoms with Gasteiger partial charge in [-0.1, -0.05) is 0 Å². The molecule has 1 unspecified atom stereocenters. The number of hydrogen-bond acceptors (Lipinski definition) is 3. The monoisotopic (exact) mass is 293 g/mol. The maximum atomic E-state index is 12.7. The van der Waals surface area contributed by atoms with Crippen molar-refractivity contribution in [1.29, 1.82) is 0 Å². The van der Waals surface area contributed by atoms with Gasteiger partial charge in [0.05, 0.1) is 5.56 Å². The SMILES string of the molecule is O=C(O)C1CCCCN1C(=O)c1csc2c1CCCC2. The average Bonchev–Trinajstić information content (AvgIpc) is 2.90. The van der Waals surface area contributed by atoms with Gasteiger partial charge in [0, 0.05) is 16.8 Å². The van der Waals surface area contributed by atoms with Crippen molar-refractivity contribution in [2.45, 2.75) is 51.0 Å². The molecule has 0 radical (unpaired) electrons. The predicted molar refractivity (Wildman–Crippen MR) is 77.3 cm³/mol. The highest BCUT2D eigenvalue weighted by atomic mass is 32.1. The van der Waals surface area contributed by atoms with Gasteiger partial charge in [-0.25, -0.2) is 4.79 Å². The van der Waals surface area contributed by atoms with Crippen LogP contribution < -0.4 is 0 Å². The predicted octanol–water partition coefficient (Wildman–Crippen LogP) is 2.71. The Balaban J connectivity index is 1.87.